The summed E-state index contributed by atoms with van der Waals surface area (Å²) in [5.74, 6) is 0.669. The molecular formula is C19H32N4O2S2. The predicted octanol–water partition coefficient (Wildman–Crippen LogP) is 2.67. The Bertz CT molecular complexity index is 742. The maximum atomic E-state index is 13.1. The molecule has 0 spiro atoms. The number of hydrogen-bond acceptors (Lipinski definition) is 4. The van der Waals surface area contributed by atoms with Gasteiger partial charge in [-0.05, 0) is 44.6 Å². The molecule has 0 unspecified atom stereocenters. The summed E-state index contributed by atoms with van der Waals surface area (Å²) in [4.78, 5) is 4.64. The molecule has 6 nitrogen and oxygen atoms in total. The van der Waals surface area contributed by atoms with E-state index in [1.54, 1.807) is 35.2 Å². The SMILES string of the molecule is CN=C(NCc1ccccc1S(=O)(=O)N1CCCCC1)NCC(C)(C)SC. The van der Waals surface area contributed by atoms with E-state index in [4.69, 9.17) is 0 Å². The molecule has 1 aromatic rings. The summed E-state index contributed by atoms with van der Waals surface area (Å²) in [5.41, 5.74) is 0.759. The van der Waals surface area contributed by atoms with Crippen LogP contribution in [-0.2, 0) is 16.6 Å². The molecule has 8 heteroatoms. The van der Waals surface area contributed by atoms with Crippen LogP contribution in [0.25, 0.3) is 0 Å². The normalized spacial score (nSPS) is 17.0. The molecule has 0 bridgehead atoms. The molecule has 1 fully saturated rings. The quantitative estimate of drug-likeness (QED) is 0.532. The molecule has 2 rings (SSSR count). The van der Waals surface area contributed by atoms with E-state index in [9.17, 15) is 8.42 Å². The van der Waals surface area contributed by atoms with Crippen molar-refractivity contribution in [1.82, 2.24) is 14.9 Å². The largest absolute Gasteiger partial charge is 0.355 e. The monoisotopic (exact) mass is 412 g/mol. The molecule has 1 aliphatic rings. The highest BCUT2D eigenvalue weighted by Gasteiger charge is 2.27. The highest BCUT2D eigenvalue weighted by atomic mass is 32.2. The fraction of sp³-hybridized carbons (Fsp3) is 0.632. The number of aliphatic imine (C=N–C) groups is 1. The highest BCUT2D eigenvalue weighted by molar-refractivity contribution is 7.99. The lowest BCUT2D eigenvalue weighted by Gasteiger charge is -2.27. The van der Waals surface area contributed by atoms with Crippen molar-refractivity contribution in [1.29, 1.82) is 0 Å². The summed E-state index contributed by atoms with van der Waals surface area (Å²) in [6, 6.07) is 7.23. The van der Waals surface area contributed by atoms with Crippen molar-refractivity contribution in [3.8, 4) is 0 Å². The van der Waals surface area contributed by atoms with Crippen LogP contribution in [0.4, 0.5) is 0 Å². The summed E-state index contributed by atoms with van der Waals surface area (Å²) < 4.78 is 27.8. The van der Waals surface area contributed by atoms with E-state index >= 15 is 0 Å². The molecule has 27 heavy (non-hydrogen) atoms. The number of thioether (sulfide) groups is 1. The van der Waals surface area contributed by atoms with Crippen molar-refractivity contribution in [2.24, 2.45) is 4.99 Å². The number of rotatable bonds is 7. The lowest BCUT2D eigenvalue weighted by molar-refractivity contribution is 0.346. The van der Waals surface area contributed by atoms with Crippen LogP contribution in [0.1, 0.15) is 38.7 Å². The van der Waals surface area contributed by atoms with Gasteiger partial charge in [-0.2, -0.15) is 16.1 Å². The van der Waals surface area contributed by atoms with Gasteiger partial charge in [0.2, 0.25) is 10.0 Å². The van der Waals surface area contributed by atoms with Crippen molar-refractivity contribution in [2.75, 3.05) is 32.9 Å². The zero-order valence-electron chi connectivity index (χ0n) is 16.8. The molecule has 0 amide bonds. The highest BCUT2D eigenvalue weighted by Crippen LogP contribution is 2.23. The second-order valence-electron chi connectivity index (χ2n) is 7.32. The summed E-state index contributed by atoms with van der Waals surface area (Å²) in [6.07, 6.45) is 5.05. The third-order valence-corrected chi connectivity index (χ3v) is 8.06. The van der Waals surface area contributed by atoms with Gasteiger partial charge in [0.1, 0.15) is 0 Å². The first-order valence-electron chi connectivity index (χ1n) is 9.38. The molecule has 0 aliphatic carbocycles. The molecule has 2 N–H and O–H groups in total. The van der Waals surface area contributed by atoms with Crippen molar-refractivity contribution < 1.29 is 8.42 Å². The second-order valence-corrected chi connectivity index (χ2v) is 10.7. The molecule has 1 aromatic carbocycles. The van der Waals surface area contributed by atoms with E-state index in [1.807, 2.05) is 12.1 Å². The standard InChI is InChI=1S/C19H32N4O2S2/c1-19(2,26-4)15-22-18(20-3)21-14-16-10-6-7-11-17(16)27(24,25)23-12-8-5-9-13-23/h6-7,10-11H,5,8-9,12-15H2,1-4H3,(H2,20,21,22). The van der Waals surface area contributed by atoms with Gasteiger partial charge in [0.15, 0.2) is 5.96 Å². The van der Waals surface area contributed by atoms with E-state index in [-0.39, 0.29) is 4.75 Å². The summed E-state index contributed by atoms with van der Waals surface area (Å²) in [7, 11) is -1.74. The number of nitrogens with zero attached hydrogens (tertiary/aromatic N) is 2. The van der Waals surface area contributed by atoms with Crippen molar-refractivity contribution in [2.45, 2.75) is 49.3 Å². The van der Waals surface area contributed by atoms with Crippen LogP contribution < -0.4 is 10.6 Å². The molecule has 0 radical (unpaired) electrons. The molecule has 1 heterocycles. The minimum atomic E-state index is -3.46. The lowest BCUT2D eigenvalue weighted by Crippen LogP contribution is -2.43. The Hall–Kier alpha value is -1.25. The number of hydrogen-bond donors (Lipinski definition) is 2. The number of sulfonamides is 1. The third kappa shape index (κ3) is 6.12. The van der Waals surface area contributed by atoms with Gasteiger partial charge in [-0.15, -0.1) is 0 Å². The van der Waals surface area contributed by atoms with Crippen molar-refractivity contribution in [3.63, 3.8) is 0 Å². The maximum absolute atomic E-state index is 13.1. The number of benzene rings is 1. The molecule has 152 valence electrons. The van der Waals surface area contributed by atoms with Crippen LogP contribution in [-0.4, -0.2) is 56.4 Å². The Balaban J connectivity index is 2.09. The Kier molecular flexibility index (Phi) is 8.00. The van der Waals surface area contributed by atoms with Crippen molar-refractivity contribution >= 4 is 27.7 Å². The maximum Gasteiger partial charge on any atom is 0.243 e. The van der Waals surface area contributed by atoms with Crippen LogP contribution >= 0.6 is 11.8 Å². The van der Waals surface area contributed by atoms with Crippen LogP contribution in [0.5, 0.6) is 0 Å². The molecule has 1 aliphatic heterocycles. The van der Waals surface area contributed by atoms with Gasteiger partial charge >= 0.3 is 0 Å². The van der Waals surface area contributed by atoms with Crippen molar-refractivity contribution in [3.05, 3.63) is 29.8 Å². The van der Waals surface area contributed by atoms with E-state index < -0.39 is 10.0 Å². The van der Waals surface area contributed by atoms with Crippen LogP contribution in [0.3, 0.4) is 0 Å². The van der Waals surface area contributed by atoms with Gasteiger partial charge in [0.05, 0.1) is 4.90 Å². The molecule has 0 aromatic heterocycles. The molecule has 0 saturated carbocycles. The molecular weight excluding hydrogens is 380 g/mol. The predicted molar refractivity (Wildman–Crippen MR) is 115 cm³/mol. The number of guanidine groups is 1. The Morgan fingerprint density at radius 1 is 1.19 bits per heavy atom. The van der Waals surface area contributed by atoms with E-state index in [0.29, 0.717) is 30.5 Å². The van der Waals surface area contributed by atoms with Gasteiger partial charge in [0, 0.05) is 38.0 Å². The lowest BCUT2D eigenvalue weighted by atomic mass is 10.2. The Morgan fingerprint density at radius 2 is 1.85 bits per heavy atom. The first-order valence-corrected chi connectivity index (χ1v) is 12.0. The first-order chi connectivity index (χ1) is 12.8. The van der Waals surface area contributed by atoms with E-state index in [1.165, 1.54) is 0 Å². The Morgan fingerprint density at radius 3 is 2.48 bits per heavy atom. The van der Waals surface area contributed by atoms with Gasteiger partial charge in [-0.25, -0.2) is 8.42 Å². The van der Waals surface area contributed by atoms with Crippen LogP contribution in [0.2, 0.25) is 0 Å². The zero-order valence-corrected chi connectivity index (χ0v) is 18.4. The zero-order chi connectivity index (χ0) is 19.9. The minimum Gasteiger partial charge on any atom is -0.355 e. The number of piperidine rings is 1. The third-order valence-electron chi connectivity index (χ3n) is 4.81. The fourth-order valence-corrected chi connectivity index (χ4v) is 4.87. The topological polar surface area (TPSA) is 73.8 Å². The summed E-state index contributed by atoms with van der Waals surface area (Å²) in [6.45, 7) is 6.72. The molecule has 1 saturated heterocycles. The second kappa shape index (κ2) is 9.80. The van der Waals surface area contributed by atoms with E-state index in [2.05, 4.69) is 35.7 Å². The van der Waals surface area contributed by atoms with Gasteiger partial charge in [-0.3, -0.25) is 4.99 Å². The van der Waals surface area contributed by atoms with Gasteiger partial charge < -0.3 is 10.6 Å². The Labute approximate surface area is 168 Å². The average Bonchev–Trinajstić information content (AvgIpc) is 2.69. The van der Waals surface area contributed by atoms with Crippen LogP contribution in [0.15, 0.2) is 34.2 Å². The smallest absolute Gasteiger partial charge is 0.243 e. The summed E-state index contributed by atoms with van der Waals surface area (Å²) in [5, 5.41) is 6.56. The van der Waals surface area contributed by atoms with E-state index in [0.717, 1.165) is 31.4 Å². The van der Waals surface area contributed by atoms with Gasteiger partial charge in [0.25, 0.3) is 0 Å². The number of nitrogens with one attached hydrogen (secondary N) is 2. The average molecular weight is 413 g/mol. The summed E-state index contributed by atoms with van der Waals surface area (Å²) >= 11 is 1.79. The van der Waals surface area contributed by atoms with Crippen LogP contribution in [0, 0.1) is 0 Å². The minimum absolute atomic E-state index is 0.0904. The molecule has 0 atom stereocenters. The fourth-order valence-electron chi connectivity index (χ4n) is 2.91. The van der Waals surface area contributed by atoms with Gasteiger partial charge in [-0.1, -0.05) is 24.6 Å². The first kappa shape index (κ1) is 22.0.